The van der Waals surface area contributed by atoms with Crippen LogP contribution in [0.4, 0.5) is 14.5 Å². The van der Waals surface area contributed by atoms with Gasteiger partial charge >= 0.3 is 0 Å². The van der Waals surface area contributed by atoms with E-state index < -0.39 is 6.10 Å². The van der Waals surface area contributed by atoms with Gasteiger partial charge < -0.3 is 10.0 Å². The zero-order valence-electron chi connectivity index (χ0n) is 11.5. The summed E-state index contributed by atoms with van der Waals surface area (Å²) in [6.07, 6.45) is -0.753. The Kier molecular flexibility index (Phi) is 4.35. The molecule has 20 heavy (non-hydrogen) atoms. The van der Waals surface area contributed by atoms with Crippen LogP contribution in [0.2, 0.25) is 0 Å². The van der Waals surface area contributed by atoms with Gasteiger partial charge in [0.2, 0.25) is 0 Å². The Morgan fingerprint density at radius 1 is 1.10 bits per heavy atom. The maximum absolute atomic E-state index is 14.0. The van der Waals surface area contributed by atoms with E-state index in [1.54, 1.807) is 43.1 Å². The van der Waals surface area contributed by atoms with Crippen molar-refractivity contribution in [3.8, 4) is 0 Å². The third-order valence-corrected chi connectivity index (χ3v) is 3.18. The molecule has 2 rings (SSSR count). The zero-order valence-corrected chi connectivity index (χ0v) is 11.5. The summed E-state index contributed by atoms with van der Waals surface area (Å²) in [6, 6.07) is 10.7. The summed E-state index contributed by atoms with van der Waals surface area (Å²) in [7, 11) is 1.74. The largest absolute Gasteiger partial charge is 0.389 e. The number of rotatable bonds is 4. The molecule has 0 heterocycles. The highest BCUT2D eigenvalue weighted by Crippen LogP contribution is 2.29. The van der Waals surface area contributed by atoms with Crippen molar-refractivity contribution in [2.45, 2.75) is 19.6 Å². The van der Waals surface area contributed by atoms with E-state index in [1.165, 1.54) is 18.2 Å². The van der Waals surface area contributed by atoms with Crippen LogP contribution < -0.4 is 4.90 Å². The molecule has 4 heteroatoms. The van der Waals surface area contributed by atoms with Gasteiger partial charge in [-0.25, -0.2) is 8.78 Å². The average molecular weight is 277 g/mol. The smallest absolute Gasteiger partial charge is 0.146 e. The van der Waals surface area contributed by atoms with Crippen LogP contribution in [0, 0.1) is 11.6 Å². The molecule has 1 N–H and O–H groups in total. The Hall–Kier alpha value is -1.94. The van der Waals surface area contributed by atoms with Gasteiger partial charge in [0.05, 0.1) is 11.8 Å². The molecule has 0 aromatic heterocycles. The van der Waals surface area contributed by atoms with Gasteiger partial charge in [-0.3, -0.25) is 0 Å². The van der Waals surface area contributed by atoms with Gasteiger partial charge in [-0.2, -0.15) is 0 Å². The molecule has 2 aromatic carbocycles. The molecule has 0 aliphatic carbocycles. The topological polar surface area (TPSA) is 23.5 Å². The Morgan fingerprint density at radius 3 is 2.35 bits per heavy atom. The Morgan fingerprint density at radius 2 is 1.75 bits per heavy atom. The fraction of sp³-hybridized carbons (Fsp3) is 0.250. The van der Waals surface area contributed by atoms with Crippen molar-refractivity contribution >= 4 is 5.69 Å². The number of hydrogen-bond acceptors (Lipinski definition) is 2. The minimum atomic E-state index is -0.753. The van der Waals surface area contributed by atoms with Crippen molar-refractivity contribution in [3.63, 3.8) is 0 Å². The number of hydrogen-bond donors (Lipinski definition) is 1. The van der Waals surface area contributed by atoms with E-state index in [0.29, 0.717) is 17.8 Å². The van der Waals surface area contributed by atoms with Crippen LogP contribution in [0.3, 0.4) is 0 Å². The highest BCUT2D eigenvalue weighted by Gasteiger charge is 2.16. The van der Waals surface area contributed by atoms with E-state index >= 15 is 0 Å². The Bertz CT molecular complexity index is 582. The van der Waals surface area contributed by atoms with Crippen molar-refractivity contribution in [1.29, 1.82) is 0 Å². The quantitative estimate of drug-likeness (QED) is 0.922. The molecule has 2 nitrogen and oxygen atoms in total. The van der Waals surface area contributed by atoms with Crippen LogP contribution in [-0.4, -0.2) is 12.2 Å². The highest BCUT2D eigenvalue weighted by atomic mass is 19.1. The lowest BCUT2D eigenvalue weighted by Gasteiger charge is -2.24. The lowest BCUT2D eigenvalue weighted by atomic mass is 10.1. The van der Waals surface area contributed by atoms with Crippen LogP contribution >= 0.6 is 0 Å². The fourth-order valence-electron chi connectivity index (χ4n) is 2.21. The fourth-order valence-corrected chi connectivity index (χ4v) is 2.21. The lowest BCUT2D eigenvalue weighted by molar-refractivity contribution is 0.199. The average Bonchev–Trinajstić information content (AvgIpc) is 2.40. The molecule has 0 amide bonds. The van der Waals surface area contributed by atoms with Gasteiger partial charge in [-0.1, -0.05) is 24.3 Å². The summed E-state index contributed by atoms with van der Waals surface area (Å²) in [5.41, 5.74) is 1.77. The van der Waals surface area contributed by atoms with Crippen LogP contribution in [0.1, 0.15) is 24.2 Å². The minimum Gasteiger partial charge on any atom is -0.389 e. The number of para-hydroxylation sites is 1. The van der Waals surface area contributed by atoms with E-state index in [0.717, 1.165) is 5.56 Å². The molecule has 106 valence electrons. The van der Waals surface area contributed by atoms with Gasteiger partial charge in [0.1, 0.15) is 11.6 Å². The standard InChI is InChI=1S/C16H17F2NO/c1-11(20)14-4-3-5-15(18)16(14)19(2)10-12-6-8-13(17)9-7-12/h3-9,11,20H,10H2,1-2H3/t11-/m0/s1. The SMILES string of the molecule is C[C@H](O)c1cccc(F)c1N(C)Cc1ccc(F)cc1. The van der Waals surface area contributed by atoms with Gasteiger partial charge in [0.25, 0.3) is 0 Å². The van der Waals surface area contributed by atoms with Crippen molar-refractivity contribution < 1.29 is 13.9 Å². The molecule has 2 aromatic rings. The third-order valence-electron chi connectivity index (χ3n) is 3.18. The number of halogens is 2. The summed E-state index contributed by atoms with van der Waals surface area (Å²) < 4.78 is 26.9. The Labute approximate surface area is 117 Å². The maximum atomic E-state index is 14.0. The lowest BCUT2D eigenvalue weighted by Crippen LogP contribution is -2.20. The highest BCUT2D eigenvalue weighted by molar-refractivity contribution is 5.55. The molecule has 0 unspecified atom stereocenters. The van der Waals surface area contributed by atoms with Crippen molar-refractivity contribution in [3.05, 3.63) is 65.2 Å². The van der Waals surface area contributed by atoms with Gasteiger partial charge in [0.15, 0.2) is 0 Å². The van der Waals surface area contributed by atoms with Gasteiger partial charge in [-0.15, -0.1) is 0 Å². The second-order valence-electron chi connectivity index (χ2n) is 4.84. The molecular formula is C16H17F2NO. The second kappa shape index (κ2) is 6.01. The van der Waals surface area contributed by atoms with E-state index in [-0.39, 0.29) is 11.6 Å². The minimum absolute atomic E-state index is 0.299. The molecule has 0 bridgehead atoms. The number of aliphatic hydroxyl groups excluding tert-OH is 1. The molecule has 0 radical (unpaired) electrons. The predicted molar refractivity (Wildman–Crippen MR) is 75.5 cm³/mol. The molecule has 1 atom stereocenters. The van der Waals surface area contributed by atoms with Crippen LogP contribution in [0.5, 0.6) is 0 Å². The first-order valence-corrected chi connectivity index (χ1v) is 6.41. The van der Waals surface area contributed by atoms with E-state index in [4.69, 9.17) is 0 Å². The molecular weight excluding hydrogens is 260 g/mol. The zero-order chi connectivity index (χ0) is 14.7. The summed E-state index contributed by atoms with van der Waals surface area (Å²) in [4.78, 5) is 1.71. The first-order chi connectivity index (χ1) is 9.49. The number of anilines is 1. The summed E-state index contributed by atoms with van der Waals surface area (Å²) >= 11 is 0. The van der Waals surface area contributed by atoms with E-state index in [2.05, 4.69) is 0 Å². The molecule has 0 saturated carbocycles. The van der Waals surface area contributed by atoms with Crippen LogP contribution in [0.25, 0.3) is 0 Å². The van der Waals surface area contributed by atoms with Crippen molar-refractivity contribution in [2.24, 2.45) is 0 Å². The van der Waals surface area contributed by atoms with E-state index in [1.807, 2.05) is 0 Å². The van der Waals surface area contributed by atoms with Gasteiger partial charge in [0, 0.05) is 19.2 Å². The van der Waals surface area contributed by atoms with Crippen LogP contribution in [0.15, 0.2) is 42.5 Å². The van der Waals surface area contributed by atoms with Crippen LogP contribution in [-0.2, 0) is 6.54 Å². The number of nitrogens with zero attached hydrogens (tertiary/aromatic N) is 1. The molecule has 0 aliphatic rings. The third kappa shape index (κ3) is 3.14. The first-order valence-electron chi connectivity index (χ1n) is 6.41. The number of benzene rings is 2. The summed E-state index contributed by atoms with van der Waals surface area (Å²) in [5, 5.41) is 9.74. The second-order valence-corrected chi connectivity index (χ2v) is 4.84. The van der Waals surface area contributed by atoms with Gasteiger partial charge in [-0.05, 0) is 30.7 Å². The maximum Gasteiger partial charge on any atom is 0.146 e. The normalized spacial score (nSPS) is 12.2. The monoisotopic (exact) mass is 277 g/mol. The molecule has 0 aliphatic heterocycles. The van der Waals surface area contributed by atoms with E-state index in [9.17, 15) is 13.9 Å². The Balaban J connectivity index is 2.29. The van der Waals surface area contributed by atoms with Crippen molar-refractivity contribution in [1.82, 2.24) is 0 Å². The predicted octanol–water partition coefficient (Wildman–Crippen LogP) is 3.65. The summed E-state index contributed by atoms with van der Waals surface area (Å²) in [5.74, 6) is -0.681. The molecule has 0 fully saturated rings. The molecule has 0 spiro atoms. The summed E-state index contributed by atoms with van der Waals surface area (Å²) in [6.45, 7) is 2.03. The van der Waals surface area contributed by atoms with Crippen molar-refractivity contribution in [2.75, 3.05) is 11.9 Å². The first kappa shape index (κ1) is 14.5. The number of aliphatic hydroxyl groups is 1. The molecule has 0 saturated heterocycles.